The van der Waals surface area contributed by atoms with Crippen molar-refractivity contribution in [1.82, 2.24) is 14.8 Å². The van der Waals surface area contributed by atoms with Gasteiger partial charge in [-0.15, -0.1) is 0 Å². The summed E-state index contributed by atoms with van der Waals surface area (Å²) in [6.45, 7) is 6.24. The summed E-state index contributed by atoms with van der Waals surface area (Å²) < 4.78 is 4.93. The van der Waals surface area contributed by atoms with Gasteiger partial charge in [-0.05, 0) is 64.6 Å². The van der Waals surface area contributed by atoms with Gasteiger partial charge in [-0.2, -0.15) is 0 Å². The molecule has 6 nitrogen and oxygen atoms in total. The van der Waals surface area contributed by atoms with Gasteiger partial charge in [0, 0.05) is 29.9 Å². The quantitative estimate of drug-likeness (QED) is 0.893. The summed E-state index contributed by atoms with van der Waals surface area (Å²) in [6, 6.07) is 4.75. The Bertz CT molecular complexity index is 639. The first-order valence-corrected chi connectivity index (χ1v) is 9.29. The molecule has 0 aliphatic carbocycles. The SMILES string of the molecule is COC(=O)N1C(C)CC(N2CCC(c3ccc[nH]c3=O)CC2)CC1C. The maximum Gasteiger partial charge on any atom is 0.409 e. The number of likely N-dealkylation sites (tertiary alicyclic amines) is 2. The Morgan fingerprint density at radius 3 is 2.40 bits per heavy atom. The minimum absolute atomic E-state index is 0.0505. The van der Waals surface area contributed by atoms with Crippen LogP contribution in [0.15, 0.2) is 23.1 Å². The molecule has 2 saturated heterocycles. The van der Waals surface area contributed by atoms with Crippen LogP contribution in [-0.4, -0.2) is 59.2 Å². The molecule has 2 aliphatic heterocycles. The lowest BCUT2D eigenvalue weighted by Crippen LogP contribution is -2.56. The fraction of sp³-hybridized carbons (Fsp3) is 0.684. The summed E-state index contributed by atoms with van der Waals surface area (Å²) in [4.78, 5) is 31.2. The van der Waals surface area contributed by atoms with Crippen molar-refractivity contribution in [3.05, 3.63) is 34.2 Å². The zero-order valence-corrected chi connectivity index (χ0v) is 15.4. The highest BCUT2D eigenvalue weighted by Crippen LogP contribution is 2.32. The largest absolute Gasteiger partial charge is 0.453 e. The summed E-state index contributed by atoms with van der Waals surface area (Å²) in [5.74, 6) is 0.353. The lowest BCUT2D eigenvalue weighted by molar-refractivity contribution is 0.0231. The molecule has 0 bridgehead atoms. The van der Waals surface area contributed by atoms with Crippen LogP contribution >= 0.6 is 0 Å². The average Bonchev–Trinajstić information content (AvgIpc) is 2.61. The normalized spacial score (nSPS) is 28.8. The van der Waals surface area contributed by atoms with E-state index < -0.39 is 0 Å². The van der Waals surface area contributed by atoms with Gasteiger partial charge in [-0.3, -0.25) is 4.79 Å². The maximum absolute atomic E-state index is 12.0. The first kappa shape index (κ1) is 18.0. The fourth-order valence-corrected chi connectivity index (χ4v) is 4.64. The molecular weight excluding hydrogens is 318 g/mol. The van der Waals surface area contributed by atoms with Crippen molar-refractivity contribution in [3.8, 4) is 0 Å². The van der Waals surface area contributed by atoms with E-state index in [9.17, 15) is 9.59 Å². The molecule has 2 fully saturated rings. The van der Waals surface area contributed by atoms with Crippen molar-refractivity contribution in [3.63, 3.8) is 0 Å². The number of carbonyl (C=O) groups excluding carboxylic acids is 1. The van der Waals surface area contributed by atoms with Gasteiger partial charge < -0.3 is 19.5 Å². The van der Waals surface area contributed by atoms with Crippen molar-refractivity contribution < 1.29 is 9.53 Å². The second-order valence-corrected chi connectivity index (χ2v) is 7.47. The molecule has 3 rings (SSSR count). The van der Waals surface area contributed by atoms with Crippen LogP contribution in [0.2, 0.25) is 0 Å². The molecule has 1 N–H and O–H groups in total. The van der Waals surface area contributed by atoms with Gasteiger partial charge in [0.05, 0.1) is 7.11 Å². The number of H-pyrrole nitrogens is 1. The van der Waals surface area contributed by atoms with E-state index in [1.54, 1.807) is 6.20 Å². The second-order valence-electron chi connectivity index (χ2n) is 7.47. The van der Waals surface area contributed by atoms with Crippen LogP contribution in [0.1, 0.15) is 51.0 Å². The molecule has 2 aliphatic rings. The summed E-state index contributed by atoms with van der Waals surface area (Å²) in [7, 11) is 1.45. The zero-order chi connectivity index (χ0) is 18.0. The summed E-state index contributed by atoms with van der Waals surface area (Å²) in [5.41, 5.74) is 0.971. The zero-order valence-electron chi connectivity index (χ0n) is 15.4. The Morgan fingerprint density at radius 2 is 1.84 bits per heavy atom. The van der Waals surface area contributed by atoms with E-state index in [0.29, 0.717) is 12.0 Å². The number of aromatic nitrogens is 1. The number of methoxy groups -OCH3 is 1. The monoisotopic (exact) mass is 347 g/mol. The van der Waals surface area contributed by atoms with E-state index in [1.807, 2.05) is 17.0 Å². The molecule has 1 aromatic rings. The van der Waals surface area contributed by atoms with Crippen LogP contribution in [0.4, 0.5) is 4.79 Å². The van der Waals surface area contributed by atoms with E-state index in [2.05, 4.69) is 23.7 Å². The third-order valence-electron chi connectivity index (χ3n) is 5.90. The number of ether oxygens (including phenoxy) is 1. The number of pyridine rings is 1. The lowest BCUT2D eigenvalue weighted by atomic mass is 9.86. The smallest absolute Gasteiger partial charge is 0.409 e. The Balaban J connectivity index is 1.60. The molecular formula is C19H29N3O3. The Hall–Kier alpha value is -1.82. The van der Waals surface area contributed by atoms with E-state index >= 15 is 0 Å². The van der Waals surface area contributed by atoms with Crippen molar-refractivity contribution in [2.45, 2.75) is 63.6 Å². The number of aromatic amines is 1. The Kier molecular flexibility index (Phi) is 5.47. The highest BCUT2D eigenvalue weighted by molar-refractivity contribution is 5.68. The molecule has 25 heavy (non-hydrogen) atoms. The minimum Gasteiger partial charge on any atom is -0.453 e. The molecule has 0 spiro atoms. The molecule has 1 aromatic heterocycles. The summed E-state index contributed by atoms with van der Waals surface area (Å²) in [6.07, 6.45) is 5.48. The first-order chi connectivity index (χ1) is 12.0. The molecule has 0 radical (unpaired) electrons. The number of piperidine rings is 2. The summed E-state index contributed by atoms with van der Waals surface area (Å²) >= 11 is 0. The molecule has 2 atom stereocenters. The Labute approximate surface area is 149 Å². The van der Waals surface area contributed by atoms with Crippen molar-refractivity contribution in [1.29, 1.82) is 0 Å². The van der Waals surface area contributed by atoms with Crippen molar-refractivity contribution in [2.75, 3.05) is 20.2 Å². The van der Waals surface area contributed by atoms with Crippen LogP contribution in [-0.2, 0) is 4.74 Å². The molecule has 0 aromatic carbocycles. The number of nitrogens with zero attached hydrogens (tertiary/aromatic N) is 2. The van der Waals surface area contributed by atoms with Crippen LogP contribution in [0, 0.1) is 0 Å². The highest BCUT2D eigenvalue weighted by Gasteiger charge is 2.38. The average molecular weight is 347 g/mol. The van der Waals surface area contributed by atoms with Gasteiger partial charge in [0.1, 0.15) is 0 Å². The lowest BCUT2D eigenvalue weighted by Gasteiger charge is -2.47. The predicted octanol–water partition coefficient (Wildman–Crippen LogP) is 2.56. The van der Waals surface area contributed by atoms with Gasteiger partial charge in [0.25, 0.3) is 5.56 Å². The number of hydrogen-bond donors (Lipinski definition) is 1. The second kappa shape index (κ2) is 7.60. The number of rotatable bonds is 2. The molecule has 6 heteroatoms. The van der Waals surface area contributed by atoms with E-state index in [0.717, 1.165) is 44.3 Å². The van der Waals surface area contributed by atoms with Gasteiger partial charge in [-0.25, -0.2) is 4.79 Å². The van der Waals surface area contributed by atoms with Gasteiger partial charge in [-0.1, -0.05) is 6.07 Å². The van der Waals surface area contributed by atoms with Gasteiger partial charge in [0.15, 0.2) is 0 Å². The van der Waals surface area contributed by atoms with Crippen molar-refractivity contribution >= 4 is 6.09 Å². The van der Waals surface area contributed by atoms with Crippen LogP contribution in [0.3, 0.4) is 0 Å². The Morgan fingerprint density at radius 1 is 1.20 bits per heavy atom. The molecule has 1 amide bonds. The molecule has 3 heterocycles. The van der Waals surface area contributed by atoms with Gasteiger partial charge in [0.2, 0.25) is 0 Å². The molecule has 0 saturated carbocycles. The topological polar surface area (TPSA) is 65.6 Å². The third kappa shape index (κ3) is 3.73. The predicted molar refractivity (Wildman–Crippen MR) is 96.8 cm³/mol. The van der Waals surface area contributed by atoms with Crippen LogP contribution in [0.25, 0.3) is 0 Å². The fourth-order valence-electron chi connectivity index (χ4n) is 4.64. The van der Waals surface area contributed by atoms with Crippen LogP contribution in [0.5, 0.6) is 0 Å². The van der Waals surface area contributed by atoms with Crippen molar-refractivity contribution in [2.24, 2.45) is 0 Å². The van der Waals surface area contributed by atoms with E-state index in [4.69, 9.17) is 4.74 Å². The first-order valence-electron chi connectivity index (χ1n) is 9.29. The van der Waals surface area contributed by atoms with Gasteiger partial charge >= 0.3 is 6.09 Å². The number of hydrogen-bond acceptors (Lipinski definition) is 4. The minimum atomic E-state index is -0.222. The third-order valence-corrected chi connectivity index (χ3v) is 5.90. The molecule has 2 unspecified atom stereocenters. The standard InChI is InChI=1S/C19H29N3O3/c1-13-11-16(12-14(2)22(13)19(24)25-3)21-9-6-15(7-10-21)17-5-4-8-20-18(17)23/h4-5,8,13-16H,6-7,9-12H2,1-3H3,(H,20,23). The highest BCUT2D eigenvalue weighted by atomic mass is 16.5. The number of amides is 1. The summed E-state index contributed by atoms with van der Waals surface area (Å²) in [5, 5.41) is 0. The number of carbonyl (C=O) groups is 1. The van der Waals surface area contributed by atoms with E-state index in [1.165, 1.54) is 7.11 Å². The number of nitrogens with one attached hydrogen (secondary N) is 1. The maximum atomic E-state index is 12.0. The molecule has 138 valence electrons. The van der Waals surface area contributed by atoms with Crippen LogP contribution < -0.4 is 5.56 Å². The van der Waals surface area contributed by atoms with E-state index in [-0.39, 0.29) is 23.7 Å².